The van der Waals surface area contributed by atoms with Crippen molar-refractivity contribution < 1.29 is 4.79 Å². The molecule has 100 valence electrons. The van der Waals surface area contributed by atoms with Gasteiger partial charge in [0.25, 0.3) is 0 Å². The molecule has 6 heteroatoms. The highest BCUT2D eigenvalue weighted by atomic mass is 35.5. The number of aromatic nitrogens is 1. The van der Waals surface area contributed by atoms with E-state index in [1.165, 1.54) is 11.8 Å². The molecule has 1 amide bonds. The van der Waals surface area contributed by atoms with Crippen LogP contribution in [0.15, 0.2) is 35.2 Å². The third kappa shape index (κ3) is 3.72. The largest absolute Gasteiger partial charge is 0.352 e. The van der Waals surface area contributed by atoms with E-state index in [2.05, 4.69) is 16.9 Å². The molecule has 1 atom stereocenters. The van der Waals surface area contributed by atoms with Gasteiger partial charge in [-0.1, -0.05) is 29.4 Å². The first-order valence-corrected chi connectivity index (χ1v) is 7.79. The number of amides is 1. The Morgan fingerprint density at radius 1 is 1.68 bits per heavy atom. The molecule has 19 heavy (non-hydrogen) atoms. The van der Waals surface area contributed by atoms with Crippen LogP contribution in [0.2, 0.25) is 5.02 Å². The van der Waals surface area contributed by atoms with Gasteiger partial charge in [-0.05, 0) is 25.1 Å². The highest BCUT2D eigenvalue weighted by molar-refractivity contribution is 8.02. The SMILES string of the molecule is C=CCNC(=O)C(C)Sc1nc2cc(Cl)ccc2s1. The Balaban J connectivity index is 2.08. The van der Waals surface area contributed by atoms with E-state index in [-0.39, 0.29) is 11.2 Å². The van der Waals surface area contributed by atoms with Crippen LogP contribution in [0, 0.1) is 0 Å². The van der Waals surface area contributed by atoms with Gasteiger partial charge in [-0.25, -0.2) is 4.98 Å². The number of nitrogens with one attached hydrogen (secondary N) is 1. The summed E-state index contributed by atoms with van der Waals surface area (Å²) in [6.07, 6.45) is 1.66. The molecule has 1 aromatic heterocycles. The molecule has 0 aliphatic carbocycles. The molecule has 1 N–H and O–H groups in total. The van der Waals surface area contributed by atoms with E-state index in [0.717, 1.165) is 14.6 Å². The molecule has 1 heterocycles. The number of rotatable bonds is 5. The second-order valence-corrected chi connectivity index (χ2v) is 6.94. The van der Waals surface area contributed by atoms with E-state index in [9.17, 15) is 4.79 Å². The van der Waals surface area contributed by atoms with Gasteiger partial charge in [0.2, 0.25) is 5.91 Å². The van der Waals surface area contributed by atoms with E-state index < -0.39 is 0 Å². The number of halogens is 1. The highest BCUT2D eigenvalue weighted by Crippen LogP contribution is 2.33. The van der Waals surface area contributed by atoms with Gasteiger partial charge in [0.1, 0.15) is 0 Å². The molecule has 0 saturated heterocycles. The summed E-state index contributed by atoms with van der Waals surface area (Å²) in [6.45, 7) is 5.92. The summed E-state index contributed by atoms with van der Waals surface area (Å²) in [6, 6.07) is 5.62. The maximum atomic E-state index is 11.8. The average molecular weight is 313 g/mol. The molecule has 0 bridgehead atoms. The maximum absolute atomic E-state index is 11.8. The molecular weight excluding hydrogens is 300 g/mol. The molecule has 3 nitrogen and oxygen atoms in total. The van der Waals surface area contributed by atoms with E-state index in [0.29, 0.717) is 11.6 Å². The molecule has 0 aliphatic rings. The molecule has 0 aliphatic heterocycles. The summed E-state index contributed by atoms with van der Waals surface area (Å²) in [5, 5.41) is 3.26. The topological polar surface area (TPSA) is 42.0 Å². The highest BCUT2D eigenvalue weighted by Gasteiger charge is 2.16. The van der Waals surface area contributed by atoms with Gasteiger partial charge < -0.3 is 5.32 Å². The van der Waals surface area contributed by atoms with Crippen LogP contribution < -0.4 is 5.32 Å². The second-order valence-electron chi connectivity index (χ2n) is 3.89. The number of hydrogen-bond donors (Lipinski definition) is 1. The first-order valence-electron chi connectivity index (χ1n) is 5.71. The van der Waals surface area contributed by atoms with Gasteiger partial charge in [-0.3, -0.25) is 4.79 Å². The van der Waals surface area contributed by atoms with Crippen LogP contribution in [0.3, 0.4) is 0 Å². The predicted octanol–water partition coefficient (Wildman–Crippen LogP) is 3.73. The Labute approximate surface area is 125 Å². The van der Waals surface area contributed by atoms with Crippen molar-refractivity contribution in [1.29, 1.82) is 0 Å². The van der Waals surface area contributed by atoms with Gasteiger partial charge in [-0.15, -0.1) is 17.9 Å². The van der Waals surface area contributed by atoms with Crippen LogP contribution in [0.1, 0.15) is 6.92 Å². The van der Waals surface area contributed by atoms with E-state index >= 15 is 0 Å². The number of fused-ring (bicyclic) bond motifs is 1. The van der Waals surface area contributed by atoms with Crippen LogP contribution in [0.5, 0.6) is 0 Å². The zero-order chi connectivity index (χ0) is 13.8. The standard InChI is InChI=1S/C13H13ClN2OS2/c1-3-6-15-12(17)8(2)18-13-16-10-7-9(14)4-5-11(10)19-13/h3-5,7-8H,1,6H2,2H3,(H,15,17). The van der Waals surface area contributed by atoms with Crippen molar-refractivity contribution in [2.75, 3.05) is 6.54 Å². The van der Waals surface area contributed by atoms with Crippen molar-refractivity contribution in [1.82, 2.24) is 10.3 Å². The van der Waals surface area contributed by atoms with Gasteiger partial charge in [0.05, 0.1) is 15.5 Å². The number of hydrogen-bond acceptors (Lipinski definition) is 4. The van der Waals surface area contributed by atoms with Crippen molar-refractivity contribution in [2.45, 2.75) is 16.5 Å². The van der Waals surface area contributed by atoms with Crippen molar-refractivity contribution >= 4 is 50.8 Å². The third-order valence-corrected chi connectivity index (χ3v) is 4.86. The van der Waals surface area contributed by atoms with Crippen LogP contribution in [0.4, 0.5) is 0 Å². The first kappa shape index (κ1) is 14.4. The Kier molecular flexibility index (Phi) is 4.85. The van der Waals surface area contributed by atoms with Crippen LogP contribution >= 0.6 is 34.7 Å². The lowest BCUT2D eigenvalue weighted by molar-refractivity contribution is -0.120. The number of thioether (sulfide) groups is 1. The molecule has 1 unspecified atom stereocenters. The van der Waals surface area contributed by atoms with Crippen molar-refractivity contribution in [3.05, 3.63) is 35.9 Å². The second kappa shape index (κ2) is 6.41. The Bertz CT molecular complexity index is 612. The van der Waals surface area contributed by atoms with E-state index in [1.807, 2.05) is 25.1 Å². The lowest BCUT2D eigenvalue weighted by Gasteiger charge is -2.08. The van der Waals surface area contributed by atoms with Crippen molar-refractivity contribution in [3.8, 4) is 0 Å². The molecule has 0 saturated carbocycles. The smallest absolute Gasteiger partial charge is 0.233 e. The van der Waals surface area contributed by atoms with Gasteiger partial charge in [-0.2, -0.15) is 0 Å². The molecule has 0 spiro atoms. The first-order chi connectivity index (χ1) is 9.10. The lowest BCUT2D eigenvalue weighted by Crippen LogP contribution is -2.30. The summed E-state index contributed by atoms with van der Waals surface area (Å²) in [5.41, 5.74) is 0.874. The van der Waals surface area contributed by atoms with E-state index in [1.54, 1.807) is 17.4 Å². The fourth-order valence-electron chi connectivity index (χ4n) is 1.45. The zero-order valence-corrected chi connectivity index (χ0v) is 12.7. The number of carbonyl (C=O) groups excluding carboxylic acids is 1. The van der Waals surface area contributed by atoms with Gasteiger partial charge in [0.15, 0.2) is 4.34 Å². The fraction of sp³-hybridized carbons (Fsp3) is 0.231. The monoisotopic (exact) mass is 312 g/mol. The van der Waals surface area contributed by atoms with E-state index in [4.69, 9.17) is 11.6 Å². The van der Waals surface area contributed by atoms with Gasteiger partial charge >= 0.3 is 0 Å². The zero-order valence-electron chi connectivity index (χ0n) is 10.4. The number of carbonyl (C=O) groups is 1. The Hall–Kier alpha value is -1.04. The third-order valence-electron chi connectivity index (χ3n) is 2.40. The molecular formula is C13H13ClN2OS2. The molecule has 1 aromatic carbocycles. The molecule has 0 radical (unpaired) electrons. The Morgan fingerprint density at radius 2 is 2.47 bits per heavy atom. The quantitative estimate of drug-likeness (QED) is 0.675. The minimum Gasteiger partial charge on any atom is -0.352 e. The van der Waals surface area contributed by atoms with Crippen LogP contribution in [-0.2, 0) is 4.79 Å². The van der Waals surface area contributed by atoms with Crippen LogP contribution in [-0.4, -0.2) is 22.7 Å². The predicted molar refractivity (Wildman–Crippen MR) is 83.2 cm³/mol. The van der Waals surface area contributed by atoms with Gasteiger partial charge in [0, 0.05) is 11.6 Å². The summed E-state index contributed by atoms with van der Waals surface area (Å²) in [4.78, 5) is 16.2. The number of thiazole rings is 1. The maximum Gasteiger partial charge on any atom is 0.233 e. The molecule has 2 rings (SSSR count). The minimum absolute atomic E-state index is 0.0119. The summed E-state index contributed by atoms with van der Waals surface area (Å²) < 4.78 is 1.95. The van der Waals surface area contributed by atoms with Crippen molar-refractivity contribution in [2.24, 2.45) is 0 Å². The normalized spacial score (nSPS) is 12.3. The summed E-state index contributed by atoms with van der Waals surface area (Å²) in [5.74, 6) is -0.0119. The number of benzene rings is 1. The lowest BCUT2D eigenvalue weighted by atomic mass is 10.3. The number of nitrogens with zero attached hydrogens (tertiary/aromatic N) is 1. The molecule has 0 fully saturated rings. The Morgan fingerprint density at radius 3 is 3.21 bits per heavy atom. The minimum atomic E-state index is -0.184. The summed E-state index contributed by atoms with van der Waals surface area (Å²) >= 11 is 8.95. The fourth-order valence-corrected chi connectivity index (χ4v) is 3.83. The van der Waals surface area contributed by atoms with Crippen molar-refractivity contribution in [3.63, 3.8) is 0 Å². The molecule has 2 aromatic rings. The summed E-state index contributed by atoms with van der Waals surface area (Å²) in [7, 11) is 0. The van der Waals surface area contributed by atoms with Crippen LogP contribution in [0.25, 0.3) is 10.2 Å². The average Bonchev–Trinajstić information content (AvgIpc) is 2.77.